The van der Waals surface area contributed by atoms with Gasteiger partial charge in [-0.2, -0.15) is 0 Å². The molecule has 0 saturated carbocycles. The van der Waals surface area contributed by atoms with Crippen LogP contribution in [0.2, 0.25) is 0 Å². The third-order valence-corrected chi connectivity index (χ3v) is 3.12. The lowest BCUT2D eigenvalue weighted by molar-refractivity contribution is 1.10. The Labute approximate surface area is 95.6 Å². The quantitative estimate of drug-likeness (QED) is 0.772. The highest BCUT2D eigenvalue weighted by Gasteiger charge is 2.12. The van der Waals surface area contributed by atoms with Crippen molar-refractivity contribution in [3.63, 3.8) is 0 Å². The first-order valence-electron chi connectivity index (χ1n) is 4.33. The molecule has 0 aromatic heterocycles. The fourth-order valence-corrected chi connectivity index (χ4v) is 2.42. The van der Waals surface area contributed by atoms with Gasteiger partial charge in [0, 0.05) is 11.0 Å². The van der Waals surface area contributed by atoms with Crippen LogP contribution in [0.15, 0.2) is 32.6 Å². The summed E-state index contributed by atoms with van der Waals surface area (Å²) in [6.45, 7) is 2.79. The molecule has 0 saturated heterocycles. The molecule has 0 aliphatic carbocycles. The lowest BCUT2D eigenvalue weighted by Gasteiger charge is -2.20. The van der Waals surface area contributed by atoms with Crippen LogP contribution < -0.4 is 10.0 Å². The summed E-state index contributed by atoms with van der Waals surface area (Å²) in [4.78, 5) is 5.44. The summed E-state index contributed by atoms with van der Waals surface area (Å²) in [6.07, 6.45) is 0. The average Bonchev–Trinajstić information content (AvgIpc) is 2.19. The highest BCUT2D eigenvalue weighted by Crippen LogP contribution is 2.31. The molecule has 2 N–H and O–H groups in total. The topological polar surface area (TPSA) is 36.4 Å². The minimum atomic E-state index is 0.780. The lowest BCUT2D eigenvalue weighted by atomic mass is 10.3. The zero-order valence-electron chi connectivity index (χ0n) is 7.67. The van der Waals surface area contributed by atoms with E-state index in [1.165, 1.54) is 4.90 Å². The van der Waals surface area contributed by atoms with E-state index >= 15 is 0 Å². The Balaban J connectivity index is 2.27. The highest BCUT2D eigenvalue weighted by molar-refractivity contribution is 9.10. The number of aliphatic imine (C=N–C) groups is 1. The fourth-order valence-electron chi connectivity index (χ4n) is 1.17. The van der Waals surface area contributed by atoms with E-state index in [9.17, 15) is 0 Å². The van der Waals surface area contributed by atoms with Crippen molar-refractivity contribution in [1.29, 1.82) is 0 Å². The normalized spacial score (nSPS) is 17.1. The van der Waals surface area contributed by atoms with Crippen LogP contribution in [-0.2, 0) is 0 Å². The number of benzene rings is 1. The number of guanidine groups is 1. The van der Waals surface area contributed by atoms with Crippen LogP contribution in [0, 0.1) is 0 Å². The Morgan fingerprint density at radius 3 is 3.14 bits per heavy atom. The highest BCUT2D eigenvalue weighted by atomic mass is 79.9. The summed E-state index contributed by atoms with van der Waals surface area (Å²) >= 11 is 5.01. The van der Waals surface area contributed by atoms with Crippen LogP contribution in [0.1, 0.15) is 6.92 Å². The summed E-state index contributed by atoms with van der Waals surface area (Å²) in [5, 5.41) is 3.22. The third-order valence-electron chi connectivity index (χ3n) is 1.77. The largest absolute Gasteiger partial charge is 0.325 e. The Bertz CT molecular complexity index is 378. The Hall–Kier alpha value is -0.680. The summed E-state index contributed by atoms with van der Waals surface area (Å²) in [7, 11) is 0. The van der Waals surface area contributed by atoms with E-state index in [0.717, 1.165) is 22.7 Å². The lowest BCUT2D eigenvalue weighted by Crippen LogP contribution is -2.29. The second-order valence-corrected chi connectivity index (χ2v) is 4.56. The average molecular weight is 272 g/mol. The molecule has 1 aliphatic heterocycles. The van der Waals surface area contributed by atoms with Crippen molar-refractivity contribution in [2.45, 2.75) is 11.8 Å². The molecule has 0 unspecified atom stereocenters. The monoisotopic (exact) mass is 271 g/mol. The van der Waals surface area contributed by atoms with Gasteiger partial charge < -0.3 is 5.32 Å². The van der Waals surface area contributed by atoms with Gasteiger partial charge in [0.1, 0.15) is 0 Å². The van der Waals surface area contributed by atoms with Crippen LogP contribution >= 0.6 is 27.9 Å². The van der Waals surface area contributed by atoms with Gasteiger partial charge in [-0.15, -0.1) is 0 Å². The number of rotatable bonds is 1. The molecular weight excluding hydrogens is 262 g/mol. The minimum absolute atomic E-state index is 0.780. The smallest absolute Gasteiger partial charge is 0.206 e. The third kappa shape index (κ3) is 2.04. The molecule has 1 aliphatic rings. The number of hydrogen-bond acceptors (Lipinski definition) is 2. The van der Waals surface area contributed by atoms with Gasteiger partial charge in [0.15, 0.2) is 0 Å². The van der Waals surface area contributed by atoms with E-state index < -0.39 is 0 Å². The molecule has 0 atom stereocenters. The van der Waals surface area contributed by atoms with Gasteiger partial charge in [-0.05, 0) is 37.1 Å². The molecule has 1 aromatic rings. The number of halogens is 1. The van der Waals surface area contributed by atoms with E-state index in [1.54, 1.807) is 11.9 Å². The van der Waals surface area contributed by atoms with Crippen LogP contribution in [0.5, 0.6) is 0 Å². The molecule has 0 bridgehead atoms. The first-order chi connectivity index (χ1) is 6.79. The molecule has 5 heteroatoms. The number of anilines is 1. The van der Waals surface area contributed by atoms with Gasteiger partial charge in [-0.25, -0.2) is 0 Å². The van der Waals surface area contributed by atoms with E-state index in [0.29, 0.717) is 0 Å². The number of nitrogens with one attached hydrogen (secondary N) is 2. The van der Waals surface area contributed by atoms with E-state index in [-0.39, 0.29) is 0 Å². The summed E-state index contributed by atoms with van der Waals surface area (Å²) in [5.41, 5.74) is 1.10. The zero-order chi connectivity index (χ0) is 9.97. The molecule has 74 valence electrons. The molecule has 2 rings (SSSR count). The van der Waals surface area contributed by atoms with Crippen LogP contribution in [0.3, 0.4) is 0 Å². The van der Waals surface area contributed by atoms with E-state index in [1.807, 2.05) is 19.1 Å². The first-order valence-corrected chi connectivity index (χ1v) is 5.94. The van der Waals surface area contributed by atoms with Crippen molar-refractivity contribution >= 4 is 39.5 Å². The number of nitrogens with zero attached hydrogens (tertiary/aromatic N) is 1. The number of hydrogen-bond donors (Lipinski definition) is 2. The molecule has 1 heterocycles. The molecule has 0 fully saturated rings. The first kappa shape index (κ1) is 9.86. The molecule has 14 heavy (non-hydrogen) atoms. The molecule has 3 nitrogen and oxygen atoms in total. The van der Waals surface area contributed by atoms with Gasteiger partial charge in [-0.1, -0.05) is 15.9 Å². The number of fused-ring (bicyclic) bond motifs is 1. The van der Waals surface area contributed by atoms with Gasteiger partial charge >= 0.3 is 0 Å². The Kier molecular flexibility index (Phi) is 2.98. The maximum atomic E-state index is 4.27. The van der Waals surface area contributed by atoms with Gasteiger partial charge in [-0.3, -0.25) is 9.71 Å². The predicted molar refractivity (Wildman–Crippen MR) is 64.7 cm³/mol. The summed E-state index contributed by atoms with van der Waals surface area (Å²) in [5.74, 6) is 0.826. The SMILES string of the molecule is CCN=C1NSc2cc(Br)ccc2N1. The van der Waals surface area contributed by atoms with Crippen molar-refractivity contribution < 1.29 is 0 Å². The van der Waals surface area contributed by atoms with Crippen molar-refractivity contribution in [1.82, 2.24) is 4.72 Å². The maximum absolute atomic E-state index is 4.27. The van der Waals surface area contributed by atoms with Crippen molar-refractivity contribution in [2.24, 2.45) is 4.99 Å². The standard InChI is InChI=1S/C9H10BrN3S/c1-2-11-9-12-7-4-3-6(10)5-8(7)14-13-9/h3-5H,2H2,1H3,(H2,11,12,13). The zero-order valence-corrected chi connectivity index (χ0v) is 10.1. The predicted octanol–water partition coefficient (Wildman–Crippen LogP) is 2.85. The van der Waals surface area contributed by atoms with Crippen molar-refractivity contribution in [3.8, 4) is 0 Å². The van der Waals surface area contributed by atoms with Gasteiger partial charge in [0.05, 0.1) is 10.6 Å². The van der Waals surface area contributed by atoms with E-state index in [4.69, 9.17) is 0 Å². The van der Waals surface area contributed by atoms with Gasteiger partial charge in [0.25, 0.3) is 0 Å². The molecule has 0 spiro atoms. The molecule has 1 aromatic carbocycles. The minimum Gasteiger partial charge on any atom is -0.325 e. The van der Waals surface area contributed by atoms with Gasteiger partial charge in [0.2, 0.25) is 5.96 Å². The van der Waals surface area contributed by atoms with Crippen molar-refractivity contribution in [3.05, 3.63) is 22.7 Å². The summed E-state index contributed by atoms with van der Waals surface area (Å²) < 4.78 is 4.22. The van der Waals surface area contributed by atoms with E-state index in [2.05, 4.69) is 37.0 Å². The molecule has 0 radical (unpaired) electrons. The second kappa shape index (κ2) is 4.23. The van der Waals surface area contributed by atoms with Crippen LogP contribution in [-0.4, -0.2) is 12.5 Å². The van der Waals surface area contributed by atoms with Crippen molar-refractivity contribution in [2.75, 3.05) is 11.9 Å². The second-order valence-electron chi connectivity index (χ2n) is 2.79. The van der Waals surface area contributed by atoms with Crippen LogP contribution in [0.4, 0.5) is 5.69 Å². The fraction of sp³-hybridized carbons (Fsp3) is 0.222. The van der Waals surface area contributed by atoms with Crippen LogP contribution in [0.25, 0.3) is 0 Å². The summed E-state index contributed by atoms with van der Waals surface area (Å²) in [6, 6.07) is 6.13. The molecular formula is C9H10BrN3S. The Morgan fingerprint density at radius 2 is 2.36 bits per heavy atom. The Morgan fingerprint density at radius 1 is 1.50 bits per heavy atom. The maximum Gasteiger partial charge on any atom is 0.206 e. The molecule has 0 amide bonds.